The van der Waals surface area contributed by atoms with Gasteiger partial charge in [0, 0.05) is 33.5 Å². The first-order valence-corrected chi connectivity index (χ1v) is 8.50. The summed E-state index contributed by atoms with van der Waals surface area (Å²) in [6, 6.07) is 10.9. The molecule has 3 rings (SSSR count). The molecule has 2 nitrogen and oxygen atoms in total. The number of hydrogen-bond acceptors (Lipinski definition) is 2. The van der Waals surface area contributed by atoms with Crippen molar-refractivity contribution in [1.82, 2.24) is 4.90 Å². The molecule has 2 aromatic rings. The summed E-state index contributed by atoms with van der Waals surface area (Å²) in [7, 11) is 0. The van der Waals surface area contributed by atoms with E-state index in [1.807, 2.05) is 6.07 Å². The van der Waals surface area contributed by atoms with E-state index in [4.69, 9.17) is 23.2 Å². The lowest BCUT2D eigenvalue weighted by molar-refractivity contribution is 0.0760. The third kappa shape index (κ3) is 3.09. The van der Waals surface area contributed by atoms with Crippen molar-refractivity contribution in [2.24, 2.45) is 0 Å². The SMILES string of the molecule is O=C(c1ccc(F)cc1)N1CCSC1c1ccc(Cl)cc1Cl. The molecule has 0 aromatic heterocycles. The van der Waals surface area contributed by atoms with E-state index < -0.39 is 0 Å². The highest BCUT2D eigenvalue weighted by molar-refractivity contribution is 7.99. The predicted molar refractivity (Wildman–Crippen MR) is 89.1 cm³/mol. The molecule has 0 aliphatic carbocycles. The van der Waals surface area contributed by atoms with E-state index in [1.165, 1.54) is 24.3 Å². The summed E-state index contributed by atoms with van der Waals surface area (Å²) >= 11 is 13.8. The Morgan fingerprint density at radius 2 is 1.91 bits per heavy atom. The van der Waals surface area contributed by atoms with Gasteiger partial charge >= 0.3 is 0 Å². The molecule has 0 bridgehead atoms. The summed E-state index contributed by atoms with van der Waals surface area (Å²) in [6.07, 6.45) is 0. The lowest BCUT2D eigenvalue weighted by atomic mass is 10.1. The van der Waals surface area contributed by atoms with Gasteiger partial charge < -0.3 is 4.90 Å². The lowest BCUT2D eigenvalue weighted by Crippen LogP contribution is -2.30. The highest BCUT2D eigenvalue weighted by Crippen LogP contribution is 2.42. The molecule has 22 heavy (non-hydrogen) atoms. The highest BCUT2D eigenvalue weighted by atomic mass is 35.5. The maximum Gasteiger partial charge on any atom is 0.255 e. The molecule has 0 saturated carbocycles. The maximum absolute atomic E-state index is 13.0. The summed E-state index contributed by atoms with van der Waals surface area (Å²) in [5.74, 6) is 0.349. The van der Waals surface area contributed by atoms with Gasteiger partial charge in [0.25, 0.3) is 5.91 Å². The molecule has 1 atom stereocenters. The van der Waals surface area contributed by atoms with Crippen LogP contribution in [-0.2, 0) is 0 Å². The monoisotopic (exact) mass is 355 g/mol. The molecule has 0 radical (unpaired) electrons. The zero-order chi connectivity index (χ0) is 15.7. The number of carbonyl (C=O) groups excluding carboxylic acids is 1. The Balaban J connectivity index is 1.89. The second-order valence-corrected chi connectivity index (χ2v) is 6.93. The van der Waals surface area contributed by atoms with Crippen LogP contribution in [0.2, 0.25) is 10.0 Å². The minimum absolute atomic E-state index is 0.124. The van der Waals surface area contributed by atoms with Crippen molar-refractivity contribution in [2.45, 2.75) is 5.37 Å². The van der Waals surface area contributed by atoms with E-state index in [-0.39, 0.29) is 17.1 Å². The molecule has 1 aliphatic rings. The van der Waals surface area contributed by atoms with Crippen molar-refractivity contribution in [1.29, 1.82) is 0 Å². The van der Waals surface area contributed by atoms with Gasteiger partial charge in [0.1, 0.15) is 11.2 Å². The summed E-state index contributed by atoms with van der Waals surface area (Å²) in [6.45, 7) is 0.629. The molecule has 1 heterocycles. The predicted octanol–water partition coefficient (Wildman–Crippen LogP) is 5.02. The Hall–Kier alpha value is -1.23. The minimum atomic E-state index is -0.357. The fraction of sp³-hybridized carbons (Fsp3) is 0.188. The van der Waals surface area contributed by atoms with E-state index in [0.29, 0.717) is 22.2 Å². The van der Waals surface area contributed by atoms with Gasteiger partial charge in [0.05, 0.1) is 0 Å². The van der Waals surface area contributed by atoms with Crippen LogP contribution in [0.4, 0.5) is 4.39 Å². The van der Waals surface area contributed by atoms with Gasteiger partial charge in [-0.3, -0.25) is 4.79 Å². The Morgan fingerprint density at radius 3 is 2.59 bits per heavy atom. The fourth-order valence-corrected chi connectivity index (χ4v) is 4.26. The van der Waals surface area contributed by atoms with Crippen molar-refractivity contribution < 1.29 is 9.18 Å². The van der Waals surface area contributed by atoms with Crippen LogP contribution in [0.5, 0.6) is 0 Å². The minimum Gasteiger partial charge on any atom is -0.322 e. The van der Waals surface area contributed by atoms with Crippen molar-refractivity contribution in [3.05, 3.63) is 69.5 Å². The Kier molecular flexibility index (Phi) is 4.62. The maximum atomic E-state index is 13.0. The first-order chi connectivity index (χ1) is 10.6. The molecule has 6 heteroatoms. The van der Waals surface area contributed by atoms with Crippen molar-refractivity contribution in [2.75, 3.05) is 12.3 Å². The first-order valence-electron chi connectivity index (χ1n) is 6.69. The lowest BCUT2D eigenvalue weighted by Gasteiger charge is -2.25. The van der Waals surface area contributed by atoms with E-state index in [2.05, 4.69) is 0 Å². The van der Waals surface area contributed by atoms with Crippen molar-refractivity contribution in [3.8, 4) is 0 Å². The van der Waals surface area contributed by atoms with Crippen molar-refractivity contribution >= 4 is 40.9 Å². The number of nitrogens with zero attached hydrogens (tertiary/aromatic N) is 1. The Bertz CT molecular complexity index is 708. The Morgan fingerprint density at radius 1 is 1.18 bits per heavy atom. The number of hydrogen-bond donors (Lipinski definition) is 0. The van der Waals surface area contributed by atoms with Crippen LogP contribution in [-0.4, -0.2) is 23.1 Å². The number of carbonyl (C=O) groups is 1. The second-order valence-electron chi connectivity index (χ2n) is 4.89. The van der Waals surface area contributed by atoms with Gasteiger partial charge in [-0.25, -0.2) is 4.39 Å². The Labute approximate surface area is 142 Å². The van der Waals surface area contributed by atoms with Gasteiger partial charge in [-0.15, -0.1) is 11.8 Å². The van der Waals surface area contributed by atoms with E-state index >= 15 is 0 Å². The molecule has 1 fully saturated rings. The molecule has 0 N–H and O–H groups in total. The topological polar surface area (TPSA) is 20.3 Å². The summed E-state index contributed by atoms with van der Waals surface area (Å²) < 4.78 is 13.0. The summed E-state index contributed by atoms with van der Waals surface area (Å²) in [5.41, 5.74) is 1.34. The summed E-state index contributed by atoms with van der Waals surface area (Å²) in [5, 5.41) is 0.958. The first kappa shape index (κ1) is 15.7. The largest absolute Gasteiger partial charge is 0.322 e. The molecule has 1 saturated heterocycles. The third-order valence-corrected chi connectivity index (χ3v) is 5.28. The van der Waals surface area contributed by atoms with Gasteiger partial charge in [-0.05, 0) is 36.4 Å². The fourth-order valence-electron chi connectivity index (χ4n) is 2.40. The standard InChI is InChI=1S/C16H12Cl2FNOS/c17-11-3-6-13(14(18)9-11)16-20(7-8-22-16)15(21)10-1-4-12(19)5-2-10/h1-6,9,16H,7-8H2. The van der Waals surface area contributed by atoms with Gasteiger partial charge in [-0.1, -0.05) is 29.3 Å². The molecule has 0 spiro atoms. The number of rotatable bonds is 2. The van der Waals surface area contributed by atoms with E-state index in [0.717, 1.165) is 11.3 Å². The van der Waals surface area contributed by atoms with Crippen LogP contribution >= 0.6 is 35.0 Å². The number of halogens is 3. The van der Waals surface area contributed by atoms with Gasteiger partial charge in [0.2, 0.25) is 0 Å². The van der Waals surface area contributed by atoms with Crippen LogP contribution in [0.1, 0.15) is 21.3 Å². The average molecular weight is 356 g/mol. The zero-order valence-corrected chi connectivity index (χ0v) is 13.8. The molecule has 1 aliphatic heterocycles. The van der Waals surface area contributed by atoms with Crippen LogP contribution in [0.25, 0.3) is 0 Å². The third-order valence-electron chi connectivity index (χ3n) is 3.47. The normalized spacial score (nSPS) is 17.8. The summed E-state index contributed by atoms with van der Waals surface area (Å²) in [4.78, 5) is 14.4. The van der Waals surface area contributed by atoms with Crippen LogP contribution in [0, 0.1) is 5.82 Å². The smallest absolute Gasteiger partial charge is 0.255 e. The highest BCUT2D eigenvalue weighted by Gasteiger charge is 2.32. The van der Waals surface area contributed by atoms with Gasteiger partial charge in [0.15, 0.2) is 0 Å². The molecular formula is C16H12Cl2FNOS. The second kappa shape index (κ2) is 6.49. The van der Waals surface area contributed by atoms with Crippen LogP contribution in [0.3, 0.4) is 0 Å². The van der Waals surface area contributed by atoms with Gasteiger partial charge in [-0.2, -0.15) is 0 Å². The molecule has 2 aromatic carbocycles. The van der Waals surface area contributed by atoms with Crippen molar-refractivity contribution in [3.63, 3.8) is 0 Å². The molecule has 1 unspecified atom stereocenters. The number of thioether (sulfide) groups is 1. The van der Waals surface area contributed by atoms with E-state index in [1.54, 1.807) is 28.8 Å². The molecule has 1 amide bonds. The molecular weight excluding hydrogens is 344 g/mol. The average Bonchev–Trinajstić information content (AvgIpc) is 2.96. The van der Waals surface area contributed by atoms with E-state index in [9.17, 15) is 9.18 Å². The van der Waals surface area contributed by atoms with Crippen LogP contribution < -0.4 is 0 Å². The van der Waals surface area contributed by atoms with Crippen LogP contribution in [0.15, 0.2) is 42.5 Å². The number of amides is 1. The molecule has 114 valence electrons. The quantitative estimate of drug-likeness (QED) is 0.753. The zero-order valence-electron chi connectivity index (χ0n) is 11.4. The number of benzene rings is 2.